The van der Waals surface area contributed by atoms with Gasteiger partial charge in [0.15, 0.2) is 23.0 Å². The van der Waals surface area contributed by atoms with Crippen LogP contribution < -0.4 is 34.2 Å². The number of fused-ring (bicyclic) bond motifs is 1. The predicted molar refractivity (Wildman–Crippen MR) is 147 cm³/mol. The van der Waals surface area contributed by atoms with Crippen LogP contribution in [0.3, 0.4) is 0 Å². The SMILES string of the molecule is COc1cc(/C=C2/CCC(C)C3=C(c4cc(OC)c(OC)c(OC)c4)C(C#N)=C(N)OC32)cc(OC)c1OC. The summed E-state index contributed by atoms with van der Waals surface area (Å²) >= 11 is 0. The van der Waals surface area contributed by atoms with E-state index in [4.69, 9.17) is 38.9 Å². The lowest BCUT2D eigenvalue weighted by Gasteiger charge is -2.38. The highest BCUT2D eigenvalue weighted by Gasteiger charge is 2.39. The molecular weight excluding hydrogens is 500 g/mol. The standard InChI is InChI=1S/C30H34N2O7/c1-16-8-9-18(10-17-11-21(33-2)28(37-6)22(12-17)34-3)27-25(16)26(20(15-31)30(32)39-27)19-13-23(35-4)29(38-7)24(14-19)36-5/h10-14,16,27H,8-9,32H2,1-7H3/b18-10-. The molecule has 2 aliphatic rings. The van der Waals surface area contributed by atoms with E-state index in [1.807, 2.05) is 24.3 Å². The third-order valence-corrected chi connectivity index (χ3v) is 7.15. The Hall–Kier alpha value is -4.45. The monoisotopic (exact) mass is 534 g/mol. The average Bonchev–Trinajstić information content (AvgIpc) is 2.96. The number of methoxy groups -OCH3 is 6. The number of hydrogen-bond donors (Lipinski definition) is 1. The number of nitriles is 1. The molecule has 9 nitrogen and oxygen atoms in total. The van der Waals surface area contributed by atoms with Crippen LogP contribution in [0.15, 0.2) is 46.9 Å². The van der Waals surface area contributed by atoms with Gasteiger partial charge in [-0.15, -0.1) is 0 Å². The maximum Gasteiger partial charge on any atom is 0.204 e. The van der Waals surface area contributed by atoms with Crippen molar-refractivity contribution in [1.82, 2.24) is 0 Å². The highest BCUT2D eigenvalue weighted by molar-refractivity contribution is 5.89. The Labute approximate surface area is 229 Å². The fraction of sp³-hybridized carbons (Fsp3) is 0.367. The summed E-state index contributed by atoms with van der Waals surface area (Å²) < 4.78 is 39.5. The fourth-order valence-corrected chi connectivity index (χ4v) is 5.29. The topological polar surface area (TPSA) is 114 Å². The Morgan fingerprint density at radius 1 is 0.846 bits per heavy atom. The van der Waals surface area contributed by atoms with E-state index < -0.39 is 6.10 Å². The normalized spacial score (nSPS) is 19.6. The average molecular weight is 535 g/mol. The zero-order chi connectivity index (χ0) is 28.3. The van der Waals surface area contributed by atoms with Gasteiger partial charge in [-0.05, 0) is 65.3 Å². The molecule has 0 amide bonds. The van der Waals surface area contributed by atoms with Crippen molar-refractivity contribution < 1.29 is 33.2 Å². The van der Waals surface area contributed by atoms with Gasteiger partial charge in [0, 0.05) is 5.57 Å². The Morgan fingerprint density at radius 3 is 1.82 bits per heavy atom. The molecular formula is C30H34N2O7. The summed E-state index contributed by atoms with van der Waals surface area (Å²) in [6.45, 7) is 2.14. The lowest BCUT2D eigenvalue weighted by molar-refractivity contribution is 0.143. The molecule has 1 aliphatic heterocycles. The first-order valence-corrected chi connectivity index (χ1v) is 12.5. The van der Waals surface area contributed by atoms with Crippen molar-refractivity contribution in [2.45, 2.75) is 25.9 Å². The fourth-order valence-electron chi connectivity index (χ4n) is 5.29. The van der Waals surface area contributed by atoms with E-state index in [0.717, 1.165) is 35.1 Å². The number of hydrogen-bond acceptors (Lipinski definition) is 9. The summed E-state index contributed by atoms with van der Waals surface area (Å²) in [7, 11) is 9.40. The molecule has 9 heteroatoms. The van der Waals surface area contributed by atoms with Crippen molar-refractivity contribution >= 4 is 11.6 Å². The molecule has 1 saturated carbocycles. The smallest absolute Gasteiger partial charge is 0.204 e. The quantitative estimate of drug-likeness (QED) is 0.494. The van der Waals surface area contributed by atoms with Crippen LogP contribution >= 0.6 is 0 Å². The lowest BCUT2D eigenvalue weighted by Crippen LogP contribution is -2.33. The van der Waals surface area contributed by atoms with Crippen LogP contribution in [0.5, 0.6) is 34.5 Å². The molecule has 206 valence electrons. The molecule has 0 radical (unpaired) electrons. The van der Waals surface area contributed by atoms with Crippen LogP contribution in [0.1, 0.15) is 30.9 Å². The summed E-state index contributed by atoms with van der Waals surface area (Å²) in [5.74, 6) is 3.25. The zero-order valence-corrected chi connectivity index (χ0v) is 23.3. The maximum atomic E-state index is 10.1. The molecule has 1 aliphatic carbocycles. The minimum absolute atomic E-state index is 0.0693. The summed E-state index contributed by atoms with van der Waals surface area (Å²) in [6.07, 6.45) is 3.24. The van der Waals surface area contributed by atoms with Gasteiger partial charge in [-0.3, -0.25) is 0 Å². The van der Waals surface area contributed by atoms with Gasteiger partial charge in [-0.1, -0.05) is 13.0 Å². The van der Waals surface area contributed by atoms with Gasteiger partial charge in [0.25, 0.3) is 0 Å². The highest BCUT2D eigenvalue weighted by atomic mass is 16.5. The first kappa shape index (κ1) is 27.6. The Kier molecular flexibility index (Phi) is 8.15. The van der Waals surface area contributed by atoms with Crippen molar-refractivity contribution in [1.29, 1.82) is 5.26 Å². The number of nitrogens with zero attached hydrogens (tertiary/aromatic N) is 1. The summed E-state index contributed by atoms with van der Waals surface area (Å²) in [5.41, 5.74) is 11.0. The van der Waals surface area contributed by atoms with E-state index in [9.17, 15) is 5.26 Å². The van der Waals surface area contributed by atoms with Crippen LogP contribution in [0, 0.1) is 17.2 Å². The Bertz CT molecular complexity index is 1350. The van der Waals surface area contributed by atoms with Crippen LogP contribution in [0.25, 0.3) is 11.6 Å². The van der Waals surface area contributed by atoms with Crippen LogP contribution in [-0.2, 0) is 4.74 Å². The molecule has 1 heterocycles. The van der Waals surface area contributed by atoms with Crippen LogP contribution in [0.2, 0.25) is 0 Å². The summed E-state index contributed by atoms with van der Waals surface area (Å²) in [6, 6.07) is 9.70. The van der Waals surface area contributed by atoms with E-state index >= 15 is 0 Å². The predicted octanol–water partition coefficient (Wildman–Crippen LogP) is 5.10. The largest absolute Gasteiger partial charge is 0.493 e. The number of ether oxygens (including phenoxy) is 7. The van der Waals surface area contributed by atoms with Gasteiger partial charge in [-0.2, -0.15) is 5.26 Å². The van der Waals surface area contributed by atoms with E-state index in [1.165, 1.54) is 0 Å². The second kappa shape index (κ2) is 11.5. The molecule has 39 heavy (non-hydrogen) atoms. The first-order chi connectivity index (χ1) is 18.8. The minimum Gasteiger partial charge on any atom is -0.493 e. The molecule has 1 fully saturated rings. The van der Waals surface area contributed by atoms with Crippen molar-refractivity contribution in [2.75, 3.05) is 42.7 Å². The number of allylic oxidation sites excluding steroid dienone is 2. The zero-order valence-electron chi connectivity index (χ0n) is 23.3. The van der Waals surface area contributed by atoms with Crippen LogP contribution in [0.4, 0.5) is 0 Å². The van der Waals surface area contributed by atoms with E-state index in [1.54, 1.807) is 42.7 Å². The molecule has 2 atom stereocenters. The molecule has 0 spiro atoms. The van der Waals surface area contributed by atoms with Gasteiger partial charge < -0.3 is 38.9 Å². The second-order valence-electron chi connectivity index (χ2n) is 9.21. The summed E-state index contributed by atoms with van der Waals surface area (Å²) in [4.78, 5) is 0. The molecule has 0 aromatic heterocycles. The third-order valence-electron chi connectivity index (χ3n) is 7.15. The van der Waals surface area contributed by atoms with Gasteiger partial charge in [0.1, 0.15) is 17.7 Å². The second-order valence-corrected chi connectivity index (χ2v) is 9.21. The van der Waals surface area contributed by atoms with Crippen LogP contribution in [-0.4, -0.2) is 48.8 Å². The number of nitrogens with two attached hydrogens (primary N) is 1. The van der Waals surface area contributed by atoms with E-state index in [2.05, 4.69) is 19.1 Å². The van der Waals surface area contributed by atoms with Gasteiger partial charge in [-0.25, -0.2) is 0 Å². The van der Waals surface area contributed by atoms with Gasteiger partial charge in [0.2, 0.25) is 17.4 Å². The molecule has 2 aromatic carbocycles. The molecule has 0 bridgehead atoms. The number of benzene rings is 2. The van der Waals surface area contributed by atoms with Gasteiger partial charge >= 0.3 is 0 Å². The number of rotatable bonds is 8. The first-order valence-electron chi connectivity index (χ1n) is 12.5. The molecule has 0 saturated heterocycles. The highest BCUT2D eigenvalue weighted by Crippen LogP contribution is 2.49. The van der Waals surface area contributed by atoms with Gasteiger partial charge in [0.05, 0.1) is 42.7 Å². The molecule has 4 rings (SSSR count). The maximum absolute atomic E-state index is 10.1. The molecule has 2 N–H and O–H groups in total. The Balaban J connectivity index is 1.93. The van der Waals surface area contributed by atoms with Crippen molar-refractivity contribution in [3.8, 4) is 40.6 Å². The third kappa shape index (κ3) is 4.90. The molecule has 2 unspecified atom stereocenters. The summed E-state index contributed by atoms with van der Waals surface area (Å²) in [5, 5.41) is 10.1. The van der Waals surface area contributed by atoms with E-state index in [-0.39, 0.29) is 17.4 Å². The minimum atomic E-state index is -0.459. The van der Waals surface area contributed by atoms with E-state index in [0.29, 0.717) is 40.1 Å². The molecule has 2 aromatic rings. The van der Waals surface area contributed by atoms with Crippen molar-refractivity contribution in [3.63, 3.8) is 0 Å². The lowest BCUT2D eigenvalue weighted by atomic mass is 9.73. The Morgan fingerprint density at radius 2 is 1.36 bits per heavy atom. The van der Waals surface area contributed by atoms with Crippen molar-refractivity contribution in [3.05, 3.63) is 58.0 Å². The van der Waals surface area contributed by atoms with Crippen molar-refractivity contribution in [2.24, 2.45) is 11.7 Å².